The number of nitrogens with zero attached hydrogens (tertiary/aromatic N) is 16. The molecule has 0 amide bonds. The second-order valence-corrected chi connectivity index (χ2v) is 40.9. The number of carbonyl (C=O) groups is 3. The van der Waals surface area contributed by atoms with E-state index >= 15 is 0 Å². The SMILES string of the molecule is C=S(=O)(c1cnc(C)n1C)N(C1CC1)[C@H]1CCC2=Cc3c(cnn3-c3ccc(F)cc3)C[C@]2(C(=O)c2cc(C(F)(F)F)ccn2)C1.CCn1ccc(S(=O)(=O)[C@H]2CCC3=Cc4c(cnn4-c4ccc(F)cc4)C[C@]3(C(=O)c3ccc(C(F)(F)F)cn3)C2)n1.O=C(c1ccc(C(F)(F)F)cn1)[C@]12Cc3cnn(-c4ccc(F)cc4)c3C=C1CC[C@H](S(=O)(=O)c1ccn(C3CC3)n1)C2. The maximum absolute atomic E-state index is 14.6. The molecule has 5 saturated carbocycles. The lowest BCUT2D eigenvalue weighted by Crippen LogP contribution is -2.51. The van der Waals surface area contributed by atoms with E-state index in [-0.39, 0.29) is 115 Å². The molecule has 0 spiro atoms. The molecule has 7 atom stereocenters. The highest BCUT2D eigenvalue weighted by Crippen LogP contribution is 2.57. The van der Waals surface area contributed by atoms with Crippen molar-refractivity contribution in [3.8, 4) is 17.1 Å². The van der Waals surface area contributed by atoms with Crippen molar-refractivity contribution in [2.45, 2.75) is 185 Å². The van der Waals surface area contributed by atoms with Gasteiger partial charge in [0.25, 0.3) is 0 Å². The van der Waals surface area contributed by atoms with Gasteiger partial charge < -0.3 is 4.57 Å². The number of imidazole rings is 1. The summed E-state index contributed by atoms with van der Waals surface area (Å²) in [5.74, 6) is 2.09. The molecule has 9 aromatic heterocycles. The van der Waals surface area contributed by atoms with Crippen LogP contribution in [0.5, 0.6) is 0 Å². The highest BCUT2D eigenvalue weighted by Gasteiger charge is 2.57. The first-order chi connectivity index (χ1) is 62.2. The molecule has 0 aliphatic heterocycles. The standard InChI is InChI=1S/C33H32F4N6O2S.C30H25F4N5O3S.C29H25F4N5O3S/c1-20-39-19-30(41(20)2)46(3,45)43(26-10-11-26)27-7-4-22-15-29-21(18-40-42(29)25-8-5-24(34)6-9-25)16-32(22,17-27)31(44)28-14-23(12-13-38-28)33(35,36)37;31-21-3-5-23(6-4-21)39-26-13-19-1-9-24(43(41,42)27-11-12-38(37-27)22-7-8-22)15-29(19,14-18(26)16-36-39)28(40)25-10-2-20(17-35-25)30(32,33)34;1-2-37-12-11-26(36-37)42(40,41)23-9-3-19-13-25-18(16-35-38(25)22-7-5-21(30)6-8-22)14-28(19,15-23)27(39)24-10-4-20(17-34-24)29(31,32)33/h5-6,8-9,12-15,18-19,26-27H,3-4,7,10-11,16-17H2,1-2H3;2-6,10-13,16-17,22,24H,1,7-9,14-15H2;4-8,10-13,16-17,23H,2-3,9,14-15H2,1H3/t27-,32-,46?;24-,29-;23-,28-/m000/s1. The number of fused-ring (bicyclic) bond motifs is 6. The quantitative estimate of drug-likeness (QED) is 0.0413. The van der Waals surface area contributed by atoms with Gasteiger partial charge in [0, 0.05) is 56.7 Å². The summed E-state index contributed by atoms with van der Waals surface area (Å²) in [5, 5.41) is 20.4. The third kappa shape index (κ3) is 16.5. The molecule has 5 fully saturated rings. The van der Waals surface area contributed by atoms with Crippen LogP contribution in [-0.2, 0) is 80.8 Å². The van der Waals surface area contributed by atoms with Crippen LogP contribution in [0.3, 0.4) is 0 Å². The predicted molar refractivity (Wildman–Crippen MR) is 456 cm³/mol. The molecular formula is C92H82F12N16O8S3. The van der Waals surface area contributed by atoms with Gasteiger partial charge in [-0.1, -0.05) is 16.7 Å². The number of aromatic nitrogens is 15. The van der Waals surface area contributed by atoms with Gasteiger partial charge in [0.05, 0.1) is 118 Å². The van der Waals surface area contributed by atoms with Crippen molar-refractivity contribution >= 4 is 70.8 Å². The largest absolute Gasteiger partial charge is 0.417 e. The van der Waals surface area contributed by atoms with Crippen molar-refractivity contribution in [2.75, 3.05) is 0 Å². The number of allylic oxidation sites excluding steroid dienone is 3. The molecule has 0 saturated heterocycles. The summed E-state index contributed by atoms with van der Waals surface area (Å²) in [5.41, 5.74) is 0.442. The maximum atomic E-state index is 14.6. The summed E-state index contributed by atoms with van der Waals surface area (Å²) in [4.78, 5) is 59.4. The van der Waals surface area contributed by atoms with Gasteiger partial charge in [-0.05, 0) is 279 Å². The minimum atomic E-state index is -4.65. The summed E-state index contributed by atoms with van der Waals surface area (Å²) in [6.45, 7) is 4.13. The van der Waals surface area contributed by atoms with Crippen LogP contribution in [0.4, 0.5) is 52.7 Å². The molecule has 39 heteroatoms. The topological polar surface area (TPSA) is 285 Å². The number of carbonyl (C=O) groups excluding carboxylic acids is 3. The first kappa shape index (κ1) is 89.2. The molecule has 8 aliphatic carbocycles. The first-order valence-electron chi connectivity index (χ1n) is 42.2. The Morgan fingerprint density at radius 3 is 1.27 bits per heavy atom. The normalized spacial score (nSPS) is 21.7. The Kier molecular flexibility index (Phi) is 22.6. The zero-order chi connectivity index (χ0) is 92.6. The number of rotatable bonds is 19. The highest BCUT2D eigenvalue weighted by molar-refractivity contribution is 7.98. The van der Waals surface area contributed by atoms with Gasteiger partial charge in [-0.15, -0.1) is 0 Å². The number of hydrogen-bond acceptors (Lipinski definition) is 17. The van der Waals surface area contributed by atoms with Gasteiger partial charge in [0.2, 0.25) is 0 Å². The number of alkyl halides is 9. The molecule has 12 aromatic rings. The lowest BCUT2D eigenvalue weighted by atomic mass is 9.60. The van der Waals surface area contributed by atoms with E-state index in [0.29, 0.717) is 93.4 Å². The number of aryl methyl sites for hydroxylation is 2. The molecule has 131 heavy (non-hydrogen) atoms. The first-order valence-corrected chi connectivity index (χ1v) is 47.0. The van der Waals surface area contributed by atoms with Crippen LogP contribution < -0.4 is 0 Å². The maximum Gasteiger partial charge on any atom is 0.417 e. The summed E-state index contributed by atoms with van der Waals surface area (Å²) >= 11 is 0. The monoisotopic (exact) mass is 1860 g/mol. The molecule has 1 unspecified atom stereocenters. The van der Waals surface area contributed by atoms with E-state index in [4.69, 9.17) is 0 Å². The van der Waals surface area contributed by atoms with Crippen molar-refractivity contribution in [2.24, 2.45) is 23.3 Å². The van der Waals surface area contributed by atoms with Gasteiger partial charge in [-0.2, -0.15) is 65.0 Å². The van der Waals surface area contributed by atoms with Crippen LogP contribution in [0.2, 0.25) is 0 Å². The highest BCUT2D eigenvalue weighted by atomic mass is 32.2. The fourth-order valence-corrected chi connectivity index (χ4v) is 25.0. The third-order valence-corrected chi connectivity index (χ3v) is 32.8. The molecule has 9 heterocycles. The molecule has 680 valence electrons. The van der Waals surface area contributed by atoms with Crippen LogP contribution >= 0.6 is 0 Å². The Balaban J connectivity index is 0.000000132. The van der Waals surface area contributed by atoms with Crippen molar-refractivity contribution < 1.29 is 88.1 Å². The average molecular weight is 1860 g/mol. The van der Waals surface area contributed by atoms with E-state index in [1.54, 1.807) is 110 Å². The fourth-order valence-electron chi connectivity index (χ4n) is 19.2. The number of halogens is 12. The zero-order valence-electron chi connectivity index (χ0n) is 70.3. The van der Waals surface area contributed by atoms with Crippen LogP contribution in [0.1, 0.15) is 184 Å². The number of ketones is 3. The summed E-state index contributed by atoms with van der Waals surface area (Å²) < 4.78 is 243. The van der Waals surface area contributed by atoms with E-state index in [2.05, 4.69) is 51.3 Å². The second kappa shape index (κ2) is 33.2. The Hall–Kier alpha value is -12.4. The number of benzene rings is 3. The molecular weight excluding hydrogens is 1780 g/mol. The summed E-state index contributed by atoms with van der Waals surface area (Å²) in [7, 11) is -9.11. The van der Waals surface area contributed by atoms with E-state index in [1.807, 2.05) is 30.3 Å². The minimum absolute atomic E-state index is 0.00468. The minimum Gasteiger partial charge on any atom is -0.324 e. The van der Waals surface area contributed by atoms with Crippen LogP contribution in [0, 0.1) is 40.6 Å². The van der Waals surface area contributed by atoms with E-state index in [0.717, 1.165) is 85.1 Å². The van der Waals surface area contributed by atoms with Crippen LogP contribution in [0.25, 0.3) is 35.3 Å². The third-order valence-electron chi connectivity index (χ3n) is 26.4. The Labute approximate surface area is 742 Å². The smallest absolute Gasteiger partial charge is 0.324 e. The van der Waals surface area contributed by atoms with Crippen LogP contribution in [-0.4, -0.2) is 145 Å². The Morgan fingerprint density at radius 2 is 0.885 bits per heavy atom. The molecule has 3 aromatic carbocycles. The summed E-state index contributed by atoms with van der Waals surface area (Å²) in [6.07, 6.45) is 9.32. The van der Waals surface area contributed by atoms with Crippen molar-refractivity contribution in [3.05, 3.63) is 285 Å². The molecule has 0 radical (unpaired) electrons. The number of sulfone groups is 2. The Morgan fingerprint density at radius 1 is 0.466 bits per heavy atom. The zero-order valence-corrected chi connectivity index (χ0v) is 72.7. The molecule has 0 bridgehead atoms. The van der Waals surface area contributed by atoms with Crippen molar-refractivity contribution in [1.29, 1.82) is 0 Å². The average Bonchev–Trinajstić information content (AvgIpc) is 1.68. The fraction of sp³-hybridized carbons (Fsp3) is 0.337. The predicted octanol–water partition coefficient (Wildman–Crippen LogP) is 17.3. The van der Waals surface area contributed by atoms with Crippen molar-refractivity contribution in [3.63, 3.8) is 0 Å². The van der Waals surface area contributed by atoms with Gasteiger partial charge in [-0.25, -0.2) is 57.6 Å². The second-order valence-electron chi connectivity index (χ2n) is 34.4. The van der Waals surface area contributed by atoms with Gasteiger partial charge in [0.15, 0.2) is 47.1 Å². The number of hydrogen-bond donors (Lipinski definition) is 0. The van der Waals surface area contributed by atoms with E-state index in [1.165, 1.54) is 53.2 Å². The van der Waals surface area contributed by atoms with Gasteiger partial charge >= 0.3 is 18.5 Å². The molecule has 20 rings (SSSR count). The number of pyridine rings is 3. The molecule has 0 N–H and O–H groups in total. The lowest BCUT2D eigenvalue weighted by molar-refractivity contribution is -0.138. The lowest BCUT2D eigenvalue weighted by Gasteiger charge is -2.47. The van der Waals surface area contributed by atoms with Gasteiger partial charge in [-0.3, -0.25) is 38.7 Å². The van der Waals surface area contributed by atoms with Gasteiger partial charge in [0.1, 0.15) is 45.4 Å². The molecule has 8 aliphatic rings. The van der Waals surface area contributed by atoms with Crippen LogP contribution in [0.15, 0.2) is 209 Å². The van der Waals surface area contributed by atoms with E-state index < -0.39 is 120 Å². The number of Topliss-reactive ketones (excluding diaryl/α,β-unsaturated/α-hetero) is 3. The molecule has 24 nitrogen and oxygen atoms in total. The van der Waals surface area contributed by atoms with E-state index in [9.17, 15) is 88.1 Å². The van der Waals surface area contributed by atoms with Crippen molar-refractivity contribution in [1.82, 2.24) is 77.7 Å². The Bertz CT molecular complexity index is 6990. The summed E-state index contributed by atoms with van der Waals surface area (Å²) in [6, 6.07) is 25.5.